The number of aryl methyl sites for hydroxylation is 1. The van der Waals surface area contributed by atoms with Crippen LogP contribution in [0.1, 0.15) is 17.2 Å². The Kier molecular flexibility index (Phi) is 3.46. The fraction of sp³-hybridized carbons (Fsp3) is 0.133. The van der Waals surface area contributed by atoms with Crippen molar-refractivity contribution in [2.45, 2.75) is 22.8 Å². The molecule has 5 heteroatoms. The zero-order valence-corrected chi connectivity index (χ0v) is 12.4. The van der Waals surface area contributed by atoms with E-state index in [1.807, 2.05) is 31.2 Å². The van der Waals surface area contributed by atoms with Crippen LogP contribution in [0.15, 0.2) is 46.2 Å². The standard InChI is InChI=1S/C15H13ClN2OS/c1-8-3-2-4-9(5-8)20-13-7-12-10(6-11(13)16)14(17)15(19)18-12/h2-7,14H,17H2,1H3,(H,18,19). The van der Waals surface area contributed by atoms with E-state index < -0.39 is 6.04 Å². The van der Waals surface area contributed by atoms with Gasteiger partial charge in [-0.25, -0.2) is 0 Å². The molecule has 3 nitrogen and oxygen atoms in total. The quantitative estimate of drug-likeness (QED) is 0.888. The molecular formula is C15H13ClN2OS. The molecule has 1 amide bonds. The number of nitrogens with two attached hydrogens (primary N) is 1. The van der Waals surface area contributed by atoms with Crippen molar-refractivity contribution >= 4 is 35.0 Å². The molecule has 0 spiro atoms. The molecule has 2 aromatic rings. The highest BCUT2D eigenvalue weighted by Crippen LogP contribution is 2.40. The first-order chi connectivity index (χ1) is 9.54. The van der Waals surface area contributed by atoms with E-state index in [9.17, 15) is 4.79 Å². The maximum atomic E-state index is 11.6. The summed E-state index contributed by atoms with van der Waals surface area (Å²) in [7, 11) is 0. The van der Waals surface area contributed by atoms with Crippen molar-refractivity contribution in [2.75, 3.05) is 5.32 Å². The average molecular weight is 305 g/mol. The normalized spacial score (nSPS) is 16.9. The third kappa shape index (κ3) is 2.42. The summed E-state index contributed by atoms with van der Waals surface area (Å²) in [6.45, 7) is 2.05. The van der Waals surface area contributed by atoms with E-state index in [4.69, 9.17) is 17.3 Å². The SMILES string of the molecule is Cc1cccc(Sc2cc3c(cc2Cl)C(N)C(=O)N3)c1. The molecule has 0 fully saturated rings. The number of halogens is 1. The molecule has 102 valence electrons. The minimum atomic E-state index is -0.625. The van der Waals surface area contributed by atoms with Crippen LogP contribution in [0.5, 0.6) is 0 Å². The van der Waals surface area contributed by atoms with Gasteiger partial charge in [0.15, 0.2) is 0 Å². The van der Waals surface area contributed by atoms with Gasteiger partial charge in [0.1, 0.15) is 6.04 Å². The van der Waals surface area contributed by atoms with E-state index >= 15 is 0 Å². The lowest BCUT2D eigenvalue weighted by Gasteiger charge is -2.08. The minimum absolute atomic E-state index is 0.186. The smallest absolute Gasteiger partial charge is 0.245 e. The number of hydrogen-bond acceptors (Lipinski definition) is 3. The Morgan fingerprint density at radius 1 is 1.30 bits per heavy atom. The van der Waals surface area contributed by atoms with Crippen molar-refractivity contribution in [3.8, 4) is 0 Å². The topological polar surface area (TPSA) is 55.1 Å². The Morgan fingerprint density at radius 3 is 2.85 bits per heavy atom. The molecule has 3 rings (SSSR count). The van der Waals surface area contributed by atoms with Gasteiger partial charge in [-0.2, -0.15) is 0 Å². The monoisotopic (exact) mass is 304 g/mol. The largest absolute Gasteiger partial charge is 0.324 e. The van der Waals surface area contributed by atoms with Crippen LogP contribution in [0.4, 0.5) is 5.69 Å². The fourth-order valence-electron chi connectivity index (χ4n) is 2.17. The number of amides is 1. The molecule has 0 aromatic heterocycles. The lowest BCUT2D eigenvalue weighted by Crippen LogP contribution is -2.19. The number of hydrogen-bond donors (Lipinski definition) is 2. The number of carbonyl (C=O) groups excluding carboxylic acids is 1. The van der Waals surface area contributed by atoms with Crippen LogP contribution < -0.4 is 11.1 Å². The number of anilines is 1. The van der Waals surface area contributed by atoms with Gasteiger partial charge in [0, 0.05) is 21.0 Å². The zero-order valence-electron chi connectivity index (χ0n) is 10.8. The molecule has 20 heavy (non-hydrogen) atoms. The van der Waals surface area contributed by atoms with Gasteiger partial charge in [0.05, 0.1) is 5.02 Å². The van der Waals surface area contributed by atoms with Crippen LogP contribution in [-0.2, 0) is 4.79 Å². The van der Waals surface area contributed by atoms with Crippen LogP contribution >= 0.6 is 23.4 Å². The molecule has 0 bridgehead atoms. The van der Waals surface area contributed by atoms with E-state index in [0.717, 1.165) is 21.0 Å². The molecule has 1 aliphatic rings. The highest BCUT2D eigenvalue weighted by Gasteiger charge is 2.28. The highest BCUT2D eigenvalue weighted by molar-refractivity contribution is 7.99. The van der Waals surface area contributed by atoms with Gasteiger partial charge in [0.25, 0.3) is 0 Å². The van der Waals surface area contributed by atoms with E-state index in [0.29, 0.717) is 5.02 Å². The Labute approximate surface area is 126 Å². The van der Waals surface area contributed by atoms with Crippen LogP contribution in [0.25, 0.3) is 0 Å². The van der Waals surface area contributed by atoms with Crippen molar-refractivity contribution in [1.82, 2.24) is 0 Å². The molecular weight excluding hydrogens is 292 g/mol. The number of benzene rings is 2. The lowest BCUT2D eigenvalue weighted by molar-refractivity contribution is -0.116. The Bertz CT molecular complexity index is 702. The van der Waals surface area contributed by atoms with Crippen LogP contribution in [0.2, 0.25) is 5.02 Å². The second kappa shape index (κ2) is 5.13. The maximum absolute atomic E-state index is 11.6. The first kappa shape index (κ1) is 13.5. The summed E-state index contributed by atoms with van der Waals surface area (Å²) in [5.74, 6) is -0.186. The van der Waals surface area contributed by atoms with Gasteiger partial charge < -0.3 is 11.1 Å². The van der Waals surface area contributed by atoms with Crippen LogP contribution in [0.3, 0.4) is 0 Å². The van der Waals surface area contributed by atoms with Crippen molar-refractivity contribution in [3.63, 3.8) is 0 Å². The summed E-state index contributed by atoms with van der Waals surface area (Å²) < 4.78 is 0. The molecule has 0 aliphatic carbocycles. The Balaban J connectivity index is 1.96. The fourth-order valence-corrected chi connectivity index (χ4v) is 3.44. The predicted octanol–water partition coefficient (Wildman–Crippen LogP) is 3.75. The maximum Gasteiger partial charge on any atom is 0.245 e. The average Bonchev–Trinajstić information content (AvgIpc) is 2.66. The van der Waals surface area contributed by atoms with Gasteiger partial charge in [-0.15, -0.1) is 0 Å². The van der Waals surface area contributed by atoms with E-state index in [2.05, 4.69) is 11.4 Å². The lowest BCUT2D eigenvalue weighted by atomic mass is 10.1. The van der Waals surface area contributed by atoms with Gasteiger partial charge >= 0.3 is 0 Å². The van der Waals surface area contributed by atoms with Crippen LogP contribution in [0, 0.1) is 6.92 Å². The van der Waals surface area contributed by atoms with Gasteiger partial charge in [-0.3, -0.25) is 4.79 Å². The predicted molar refractivity (Wildman–Crippen MR) is 82.3 cm³/mol. The minimum Gasteiger partial charge on any atom is -0.324 e. The van der Waals surface area contributed by atoms with Crippen LogP contribution in [-0.4, -0.2) is 5.91 Å². The number of nitrogens with one attached hydrogen (secondary N) is 1. The molecule has 3 N–H and O–H groups in total. The summed E-state index contributed by atoms with van der Waals surface area (Å²) in [5, 5.41) is 3.39. The number of rotatable bonds is 2. The van der Waals surface area contributed by atoms with E-state index in [-0.39, 0.29) is 5.91 Å². The van der Waals surface area contributed by atoms with Crippen molar-refractivity contribution in [3.05, 3.63) is 52.5 Å². The summed E-state index contributed by atoms with van der Waals surface area (Å²) in [6, 6.07) is 11.2. The second-order valence-corrected chi connectivity index (χ2v) is 6.28. The number of carbonyl (C=O) groups is 1. The first-order valence-corrected chi connectivity index (χ1v) is 7.38. The van der Waals surface area contributed by atoms with Crippen molar-refractivity contribution < 1.29 is 4.79 Å². The van der Waals surface area contributed by atoms with Gasteiger partial charge in [-0.05, 0) is 31.2 Å². The molecule has 1 aliphatic heterocycles. The molecule has 1 heterocycles. The van der Waals surface area contributed by atoms with Gasteiger partial charge in [0.2, 0.25) is 5.91 Å². The first-order valence-electron chi connectivity index (χ1n) is 6.19. The summed E-state index contributed by atoms with van der Waals surface area (Å²) in [6.07, 6.45) is 0. The Morgan fingerprint density at radius 2 is 2.10 bits per heavy atom. The second-order valence-electron chi connectivity index (χ2n) is 4.76. The summed E-state index contributed by atoms with van der Waals surface area (Å²) >= 11 is 7.87. The van der Waals surface area contributed by atoms with E-state index in [1.54, 1.807) is 17.8 Å². The Hall–Kier alpha value is -1.49. The molecule has 2 aromatic carbocycles. The zero-order chi connectivity index (χ0) is 14.3. The highest BCUT2D eigenvalue weighted by atomic mass is 35.5. The molecule has 1 unspecified atom stereocenters. The molecule has 0 saturated carbocycles. The van der Waals surface area contributed by atoms with Crippen molar-refractivity contribution in [1.29, 1.82) is 0 Å². The third-order valence-corrected chi connectivity index (χ3v) is 4.67. The van der Waals surface area contributed by atoms with Crippen molar-refractivity contribution in [2.24, 2.45) is 5.73 Å². The molecule has 0 radical (unpaired) electrons. The van der Waals surface area contributed by atoms with E-state index in [1.165, 1.54) is 5.56 Å². The van der Waals surface area contributed by atoms with Gasteiger partial charge in [-0.1, -0.05) is 41.1 Å². The molecule has 1 atom stereocenters. The number of fused-ring (bicyclic) bond motifs is 1. The third-order valence-electron chi connectivity index (χ3n) is 3.20. The molecule has 0 saturated heterocycles. The summed E-state index contributed by atoms with van der Waals surface area (Å²) in [5.41, 5.74) is 8.51. The summed E-state index contributed by atoms with van der Waals surface area (Å²) in [4.78, 5) is 13.6.